The highest BCUT2D eigenvalue weighted by atomic mass is 79.9. The van der Waals surface area contributed by atoms with Gasteiger partial charge in [-0.25, -0.2) is 9.78 Å². The number of benzene rings is 2. The van der Waals surface area contributed by atoms with E-state index < -0.39 is 5.97 Å². The Labute approximate surface area is 163 Å². The fourth-order valence-electron chi connectivity index (χ4n) is 2.11. The molecule has 3 aromatic rings. The highest BCUT2D eigenvalue weighted by Crippen LogP contribution is 2.26. The first-order valence-electron chi connectivity index (χ1n) is 7.77. The molecule has 3 rings (SSSR count). The highest BCUT2D eigenvalue weighted by Gasteiger charge is 2.09. The van der Waals surface area contributed by atoms with Gasteiger partial charge in [-0.2, -0.15) is 0 Å². The minimum Gasteiger partial charge on any atom is -0.497 e. The molecular weight excluding hydrogens is 418 g/mol. The van der Waals surface area contributed by atoms with Gasteiger partial charge in [-0.3, -0.25) is 0 Å². The summed E-state index contributed by atoms with van der Waals surface area (Å²) in [6, 6.07) is 14.9. The molecule has 0 saturated heterocycles. The number of carbonyl (C=O) groups is 1. The largest absolute Gasteiger partial charge is 0.497 e. The summed E-state index contributed by atoms with van der Waals surface area (Å²) in [5, 5.41) is 2.74. The fourth-order valence-corrected chi connectivity index (χ4v) is 3.18. The standard InChI is InChI=1S/C19H16BrNO4S/c1-23-16-6-2-13(3-7-16)19-21-15(12-26-19)10-25-18(22)11-24-17-8-4-14(20)5-9-17/h2-9,12H,10-11H2,1H3. The van der Waals surface area contributed by atoms with E-state index in [2.05, 4.69) is 20.9 Å². The third-order valence-corrected chi connectivity index (χ3v) is 4.91. The van der Waals surface area contributed by atoms with E-state index in [0.717, 1.165) is 20.8 Å². The second-order valence-corrected chi connectivity index (χ2v) is 7.05. The minimum atomic E-state index is -0.438. The molecule has 0 spiro atoms. The number of nitrogens with zero attached hydrogens (tertiary/aromatic N) is 1. The van der Waals surface area contributed by atoms with Gasteiger partial charge in [0, 0.05) is 15.4 Å². The lowest BCUT2D eigenvalue weighted by molar-refractivity contribution is -0.147. The monoisotopic (exact) mass is 433 g/mol. The number of methoxy groups -OCH3 is 1. The normalized spacial score (nSPS) is 10.4. The SMILES string of the molecule is COc1ccc(-c2nc(COC(=O)COc3ccc(Br)cc3)cs2)cc1. The third-order valence-electron chi connectivity index (χ3n) is 3.44. The minimum absolute atomic E-state index is 0.120. The molecule has 1 heterocycles. The number of thiazole rings is 1. The van der Waals surface area contributed by atoms with Crippen molar-refractivity contribution in [3.63, 3.8) is 0 Å². The Morgan fingerprint density at radius 1 is 1.08 bits per heavy atom. The number of carbonyl (C=O) groups excluding carboxylic acids is 1. The lowest BCUT2D eigenvalue weighted by atomic mass is 10.2. The van der Waals surface area contributed by atoms with Gasteiger partial charge in [-0.15, -0.1) is 11.3 Å². The first-order valence-corrected chi connectivity index (χ1v) is 9.44. The molecule has 0 aliphatic carbocycles. The summed E-state index contributed by atoms with van der Waals surface area (Å²) in [4.78, 5) is 16.3. The van der Waals surface area contributed by atoms with E-state index in [1.165, 1.54) is 11.3 Å². The summed E-state index contributed by atoms with van der Waals surface area (Å²) in [5.41, 5.74) is 1.70. The third kappa shape index (κ3) is 5.06. The van der Waals surface area contributed by atoms with Crippen molar-refractivity contribution in [2.24, 2.45) is 0 Å². The number of halogens is 1. The maximum Gasteiger partial charge on any atom is 0.344 e. The number of ether oxygens (including phenoxy) is 3. The van der Waals surface area contributed by atoms with Gasteiger partial charge in [0.1, 0.15) is 23.1 Å². The van der Waals surface area contributed by atoms with E-state index in [-0.39, 0.29) is 13.2 Å². The van der Waals surface area contributed by atoms with Crippen LogP contribution in [0.5, 0.6) is 11.5 Å². The molecule has 134 valence electrons. The molecule has 0 saturated carbocycles. The van der Waals surface area contributed by atoms with Gasteiger partial charge >= 0.3 is 5.97 Å². The predicted molar refractivity (Wildman–Crippen MR) is 104 cm³/mol. The van der Waals surface area contributed by atoms with Crippen molar-refractivity contribution in [1.82, 2.24) is 4.98 Å². The molecule has 1 aromatic heterocycles. The smallest absolute Gasteiger partial charge is 0.344 e. The van der Waals surface area contributed by atoms with Crippen LogP contribution in [0.1, 0.15) is 5.69 Å². The second kappa shape index (κ2) is 8.82. The van der Waals surface area contributed by atoms with Crippen LogP contribution < -0.4 is 9.47 Å². The Kier molecular flexibility index (Phi) is 6.25. The summed E-state index contributed by atoms with van der Waals surface area (Å²) in [7, 11) is 1.63. The molecule has 26 heavy (non-hydrogen) atoms. The van der Waals surface area contributed by atoms with Crippen LogP contribution in [-0.4, -0.2) is 24.7 Å². The van der Waals surface area contributed by atoms with Crippen LogP contribution in [-0.2, 0) is 16.1 Å². The number of esters is 1. The molecule has 5 nitrogen and oxygen atoms in total. The van der Waals surface area contributed by atoms with Crippen LogP contribution in [0.15, 0.2) is 58.4 Å². The molecule has 0 atom stereocenters. The van der Waals surface area contributed by atoms with Gasteiger partial charge in [-0.1, -0.05) is 15.9 Å². The van der Waals surface area contributed by atoms with Crippen molar-refractivity contribution in [3.05, 3.63) is 64.1 Å². The van der Waals surface area contributed by atoms with Gasteiger partial charge in [0.15, 0.2) is 6.61 Å². The molecule has 0 amide bonds. The summed E-state index contributed by atoms with van der Waals surface area (Å²) < 4.78 is 16.7. The predicted octanol–water partition coefficient (Wildman–Crippen LogP) is 4.70. The Hall–Kier alpha value is -2.38. The topological polar surface area (TPSA) is 57.7 Å². The van der Waals surface area contributed by atoms with E-state index in [1.54, 1.807) is 19.2 Å². The average molecular weight is 434 g/mol. The Balaban J connectivity index is 1.49. The molecular formula is C19H16BrNO4S. The highest BCUT2D eigenvalue weighted by molar-refractivity contribution is 9.10. The van der Waals surface area contributed by atoms with Gasteiger partial charge in [0.2, 0.25) is 0 Å². The van der Waals surface area contributed by atoms with Crippen LogP contribution in [0.25, 0.3) is 10.6 Å². The maximum absolute atomic E-state index is 11.8. The molecule has 0 unspecified atom stereocenters. The Morgan fingerprint density at radius 2 is 1.77 bits per heavy atom. The van der Waals surface area contributed by atoms with Crippen LogP contribution in [0, 0.1) is 0 Å². The molecule has 2 aromatic carbocycles. The number of hydrogen-bond donors (Lipinski definition) is 0. The van der Waals surface area contributed by atoms with Crippen molar-refractivity contribution in [1.29, 1.82) is 0 Å². The molecule has 7 heteroatoms. The molecule has 0 fully saturated rings. The van der Waals surface area contributed by atoms with Crippen molar-refractivity contribution < 1.29 is 19.0 Å². The fraction of sp³-hybridized carbons (Fsp3) is 0.158. The lowest BCUT2D eigenvalue weighted by Crippen LogP contribution is -2.14. The van der Waals surface area contributed by atoms with Crippen molar-refractivity contribution in [3.8, 4) is 22.1 Å². The Bertz CT molecular complexity index is 862. The van der Waals surface area contributed by atoms with E-state index in [0.29, 0.717) is 11.4 Å². The summed E-state index contributed by atoms with van der Waals surface area (Å²) in [5.74, 6) is 0.970. The zero-order valence-electron chi connectivity index (χ0n) is 14.0. The number of rotatable bonds is 7. The van der Waals surface area contributed by atoms with Crippen LogP contribution >= 0.6 is 27.3 Å². The van der Waals surface area contributed by atoms with E-state index in [9.17, 15) is 4.79 Å². The van der Waals surface area contributed by atoms with Crippen molar-refractivity contribution >= 4 is 33.2 Å². The molecule has 0 N–H and O–H groups in total. The number of hydrogen-bond acceptors (Lipinski definition) is 6. The Morgan fingerprint density at radius 3 is 2.46 bits per heavy atom. The van der Waals surface area contributed by atoms with E-state index in [4.69, 9.17) is 14.2 Å². The van der Waals surface area contributed by atoms with Crippen LogP contribution in [0.4, 0.5) is 0 Å². The molecule has 0 aliphatic rings. The van der Waals surface area contributed by atoms with Crippen molar-refractivity contribution in [2.75, 3.05) is 13.7 Å². The number of aromatic nitrogens is 1. The average Bonchev–Trinajstić information content (AvgIpc) is 3.15. The van der Waals surface area contributed by atoms with Gasteiger partial charge in [0.25, 0.3) is 0 Å². The lowest BCUT2D eigenvalue weighted by Gasteiger charge is -2.06. The second-order valence-electron chi connectivity index (χ2n) is 5.28. The maximum atomic E-state index is 11.8. The first kappa shape index (κ1) is 18.4. The molecule has 0 aliphatic heterocycles. The summed E-state index contributed by atoms with van der Waals surface area (Å²) in [6.07, 6.45) is 0. The van der Waals surface area contributed by atoms with E-state index in [1.807, 2.05) is 41.8 Å². The molecule has 0 radical (unpaired) electrons. The van der Waals surface area contributed by atoms with Crippen LogP contribution in [0.2, 0.25) is 0 Å². The van der Waals surface area contributed by atoms with E-state index >= 15 is 0 Å². The summed E-state index contributed by atoms with van der Waals surface area (Å²) >= 11 is 4.84. The van der Waals surface area contributed by atoms with Gasteiger partial charge in [0.05, 0.1) is 12.8 Å². The first-order chi connectivity index (χ1) is 12.6. The zero-order chi connectivity index (χ0) is 18.4. The van der Waals surface area contributed by atoms with Crippen molar-refractivity contribution in [2.45, 2.75) is 6.61 Å². The van der Waals surface area contributed by atoms with Crippen LogP contribution in [0.3, 0.4) is 0 Å². The zero-order valence-corrected chi connectivity index (χ0v) is 16.4. The van der Waals surface area contributed by atoms with Gasteiger partial charge < -0.3 is 14.2 Å². The summed E-state index contributed by atoms with van der Waals surface area (Å²) in [6.45, 7) is -0.0215. The quantitative estimate of drug-likeness (QED) is 0.505. The molecule has 0 bridgehead atoms. The van der Waals surface area contributed by atoms with Gasteiger partial charge in [-0.05, 0) is 48.5 Å².